The first-order valence-electron chi connectivity index (χ1n) is 5.83. The summed E-state index contributed by atoms with van der Waals surface area (Å²) in [4.78, 5) is 25.5. The van der Waals surface area contributed by atoms with Crippen LogP contribution >= 0.6 is 67.8 Å². The topological polar surface area (TPSA) is 104 Å². The second kappa shape index (κ2) is 8.79. The van der Waals surface area contributed by atoms with Crippen molar-refractivity contribution >= 4 is 79.6 Å². The van der Waals surface area contributed by atoms with Crippen LogP contribution in [0.2, 0.25) is 0 Å². The third-order valence-electron chi connectivity index (χ3n) is 2.66. The molecule has 0 saturated heterocycles. The van der Waals surface area contributed by atoms with Crippen molar-refractivity contribution in [3.63, 3.8) is 0 Å². The maximum atomic E-state index is 12.6. The summed E-state index contributed by atoms with van der Waals surface area (Å²) < 4.78 is 1.86. The van der Waals surface area contributed by atoms with Gasteiger partial charge in [0.1, 0.15) is 0 Å². The number of hydrogen-bond acceptors (Lipinski definition) is 4. The minimum Gasteiger partial charge on any atom is -0.395 e. The maximum Gasteiger partial charge on any atom is 0.256 e. The SMILES string of the molecule is NC(=O)c1c(I)cc(I)c(C(=O)N(CCO)CCO)c1I. The maximum absolute atomic E-state index is 12.6. The molecule has 116 valence electrons. The van der Waals surface area contributed by atoms with E-state index in [0.717, 1.165) is 0 Å². The number of aliphatic hydroxyl groups is 2. The van der Waals surface area contributed by atoms with Crippen molar-refractivity contribution in [2.75, 3.05) is 26.3 Å². The van der Waals surface area contributed by atoms with Crippen LogP contribution in [-0.4, -0.2) is 53.2 Å². The Balaban J connectivity index is 3.38. The number of amides is 2. The summed E-state index contributed by atoms with van der Waals surface area (Å²) in [5.41, 5.74) is 6.05. The molecule has 1 aromatic rings. The fraction of sp³-hybridized carbons (Fsp3) is 0.333. The highest BCUT2D eigenvalue weighted by Gasteiger charge is 2.25. The summed E-state index contributed by atoms with van der Waals surface area (Å²) >= 11 is 5.96. The van der Waals surface area contributed by atoms with Crippen molar-refractivity contribution in [2.24, 2.45) is 5.73 Å². The molecule has 0 aliphatic carbocycles. The number of nitrogens with two attached hydrogens (primary N) is 1. The Hall–Kier alpha value is 0.270. The van der Waals surface area contributed by atoms with Crippen LogP contribution in [0.25, 0.3) is 0 Å². The Morgan fingerprint density at radius 3 is 1.95 bits per heavy atom. The molecule has 0 saturated carbocycles. The summed E-state index contributed by atoms with van der Waals surface area (Å²) in [6, 6.07) is 1.71. The summed E-state index contributed by atoms with van der Waals surface area (Å²) in [7, 11) is 0. The molecule has 0 spiro atoms. The lowest BCUT2D eigenvalue weighted by atomic mass is 10.1. The third kappa shape index (κ3) is 4.62. The van der Waals surface area contributed by atoms with E-state index in [1.165, 1.54) is 4.90 Å². The zero-order chi connectivity index (χ0) is 16.2. The van der Waals surface area contributed by atoms with Gasteiger partial charge in [0.05, 0.1) is 24.3 Å². The second-order valence-corrected chi connectivity index (χ2v) is 7.41. The van der Waals surface area contributed by atoms with Gasteiger partial charge >= 0.3 is 0 Å². The van der Waals surface area contributed by atoms with Gasteiger partial charge in [-0.3, -0.25) is 9.59 Å². The van der Waals surface area contributed by atoms with Crippen LogP contribution in [0.3, 0.4) is 0 Å². The van der Waals surface area contributed by atoms with Gasteiger partial charge in [-0.1, -0.05) is 0 Å². The molecule has 9 heteroatoms. The van der Waals surface area contributed by atoms with Gasteiger partial charge in [0.25, 0.3) is 11.8 Å². The van der Waals surface area contributed by atoms with Gasteiger partial charge < -0.3 is 20.8 Å². The van der Waals surface area contributed by atoms with E-state index in [2.05, 4.69) is 0 Å². The highest BCUT2D eigenvalue weighted by atomic mass is 127. The number of halogens is 3. The van der Waals surface area contributed by atoms with E-state index in [0.29, 0.717) is 21.8 Å². The second-order valence-electron chi connectivity index (χ2n) is 4.01. The van der Waals surface area contributed by atoms with Crippen LogP contribution in [0.1, 0.15) is 20.7 Å². The highest BCUT2D eigenvalue weighted by Crippen LogP contribution is 2.28. The van der Waals surface area contributed by atoms with Gasteiger partial charge in [0.15, 0.2) is 0 Å². The average molecular weight is 630 g/mol. The molecule has 1 aromatic carbocycles. The molecule has 0 atom stereocenters. The molecule has 6 nitrogen and oxygen atoms in total. The molecule has 0 unspecified atom stereocenters. The van der Waals surface area contributed by atoms with Crippen molar-refractivity contribution in [3.8, 4) is 0 Å². The van der Waals surface area contributed by atoms with E-state index >= 15 is 0 Å². The minimum absolute atomic E-state index is 0.115. The molecule has 0 fully saturated rings. The normalized spacial score (nSPS) is 10.5. The van der Waals surface area contributed by atoms with Crippen LogP contribution < -0.4 is 5.73 Å². The van der Waals surface area contributed by atoms with Crippen LogP contribution in [0.15, 0.2) is 6.07 Å². The van der Waals surface area contributed by atoms with Gasteiger partial charge in [-0.2, -0.15) is 0 Å². The number of carbonyl (C=O) groups excluding carboxylic acids is 2. The van der Waals surface area contributed by atoms with E-state index in [9.17, 15) is 9.59 Å². The Bertz CT molecular complexity index is 560. The fourth-order valence-corrected chi connectivity index (χ4v) is 6.09. The Morgan fingerprint density at radius 2 is 1.52 bits per heavy atom. The van der Waals surface area contributed by atoms with E-state index in [4.69, 9.17) is 15.9 Å². The number of carbonyl (C=O) groups is 2. The number of rotatable bonds is 6. The van der Waals surface area contributed by atoms with E-state index < -0.39 is 5.91 Å². The van der Waals surface area contributed by atoms with Crippen LogP contribution in [0.4, 0.5) is 0 Å². The molecule has 0 radical (unpaired) electrons. The first-order chi connectivity index (χ1) is 9.84. The predicted octanol–water partition coefficient (Wildman–Crippen LogP) is 1.03. The Morgan fingerprint density at radius 1 is 1.05 bits per heavy atom. The molecule has 1 rings (SSSR count). The number of hydrogen-bond donors (Lipinski definition) is 3. The molecule has 0 aliphatic heterocycles. The number of aliphatic hydroxyl groups excluding tert-OH is 2. The standard InChI is InChI=1S/C12H13I3N2O4/c13-6-5-7(14)9(10(15)8(6)11(16)20)12(21)17(1-3-18)2-4-19/h5,18-19H,1-4H2,(H2,16,20). The summed E-state index contributed by atoms with van der Waals surface area (Å²) in [6.45, 7) is -0.176. The molecule has 0 aromatic heterocycles. The van der Waals surface area contributed by atoms with E-state index in [-0.39, 0.29) is 32.2 Å². The fourth-order valence-electron chi connectivity index (χ4n) is 1.73. The predicted molar refractivity (Wildman–Crippen MR) is 103 cm³/mol. The monoisotopic (exact) mass is 630 g/mol. The van der Waals surface area contributed by atoms with Crippen molar-refractivity contribution in [2.45, 2.75) is 0 Å². The molecular weight excluding hydrogens is 617 g/mol. The van der Waals surface area contributed by atoms with Crippen LogP contribution in [-0.2, 0) is 0 Å². The van der Waals surface area contributed by atoms with Gasteiger partial charge in [0.2, 0.25) is 0 Å². The molecule has 4 N–H and O–H groups in total. The molecular formula is C12H13I3N2O4. The van der Waals surface area contributed by atoms with Gasteiger partial charge in [-0.15, -0.1) is 0 Å². The smallest absolute Gasteiger partial charge is 0.256 e. The number of primary amides is 1. The molecule has 0 aliphatic rings. The first kappa shape index (κ1) is 19.3. The van der Waals surface area contributed by atoms with E-state index in [1.807, 2.05) is 67.8 Å². The van der Waals surface area contributed by atoms with Gasteiger partial charge in [0, 0.05) is 23.8 Å². The number of nitrogens with zero attached hydrogens (tertiary/aromatic N) is 1. The van der Waals surface area contributed by atoms with Gasteiger partial charge in [-0.25, -0.2) is 0 Å². The number of benzene rings is 1. The minimum atomic E-state index is -0.592. The van der Waals surface area contributed by atoms with E-state index in [1.54, 1.807) is 6.07 Å². The van der Waals surface area contributed by atoms with Crippen LogP contribution in [0.5, 0.6) is 0 Å². The largest absolute Gasteiger partial charge is 0.395 e. The first-order valence-corrected chi connectivity index (χ1v) is 9.07. The zero-order valence-corrected chi connectivity index (χ0v) is 17.2. The lowest BCUT2D eigenvalue weighted by molar-refractivity contribution is 0.0682. The molecule has 2 amide bonds. The third-order valence-corrected chi connectivity index (χ3v) is 5.44. The van der Waals surface area contributed by atoms with Crippen molar-refractivity contribution in [1.29, 1.82) is 0 Å². The van der Waals surface area contributed by atoms with Crippen molar-refractivity contribution in [1.82, 2.24) is 4.90 Å². The summed E-state index contributed by atoms with van der Waals surface area (Å²) in [5.74, 6) is -0.934. The molecule has 0 bridgehead atoms. The highest BCUT2D eigenvalue weighted by molar-refractivity contribution is 14.1. The van der Waals surface area contributed by atoms with Crippen molar-refractivity contribution in [3.05, 3.63) is 27.9 Å². The summed E-state index contributed by atoms with van der Waals surface area (Å²) in [5, 5.41) is 18.1. The van der Waals surface area contributed by atoms with Crippen LogP contribution in [0, 0.1) is 10.7 Å². The zero-order valence-electron chi connectivity index (χ0n) is 10.8. The Kier molecular flexibility index (Phi) is 8.08. The molecule has 0 heterocycles. The lowest BCUT2D eigenvalue weighted by Crippen LogP contribution is -2.37. The molecule has 21 heavy (non-hydrogen) atoms. The average Bonchev–Trinajstić information content (AvgIpc) is 2.37. The van der Waals surface area contributed by atoms with Gasteiger partial charge in [-0.05, 0) is 73.8 Å². The summed E-state index contributed by atoms with van der Waals surface area (Å²) in [6.07, 6.45) is 0. The lowest BCUT2D eigenvalue weighted by Gasteiger charge is -2.23. The quantitative estimate of drug-likeness (QED) is 0.409. The van der Waals surface area contributed by atoms with Crippen molar-refractivity contribution < 1.29 is 19.8 Å². The Labute approximate surface area is 162 Å².